The lowest BCUT2D eigenvalue weighted by Gasteiger charge is -2.14. The highest BCUT2D eigenvalue weighted by Crippen LogP contribution is 2.19. The van der Waals surface area contributed by atoms with Gasteiger partial charge < -0.3 is 10.1 Å². The number of hydrogen-bond donors (Lipinski definition) is 1. The van der Waals surface area contributed by atoms with Crippen molar-refractivity contribution >= 4 is 50.7 Å². The Hall–Kier alpha value is -3.69. The van der Waals surface area contributed by atoms with Crippen molar-refractivity contribution in [1.29, 1.82) is 0 Å². The van der Waals surface area contributed by atoms with E-state index in [0.29, 0.717) is 20.8 Å². The molecule has 4 aromatic rings. The molecular formula is C23H18ClN3O5S. The van der Waals surface area contributed by atoms with E-state index < -0.39 is 23.1 Å². The van der Waals surface area contributed by atoms with Gasteiger partial charge in [0.05, 0.1) is 30.4 Å². The number of hydrogen-bond acceptors (Lipinski definition) is 6. The van der Waals surface area contributed by atoms with Crippen LogP contribution >= 0.6 is 22.9 Å². The minimum atomic E-state index is -0.637. The normalized spacial score (nSPS) is 10.8. The summed E-state index contributed by atoms with van der Waals surface area (Å²) >= 11 is 7.41. The van der Waals surface area contributed by atoms with Crippen LogP contribution < -0.4 is 16.6 Å². The number of esters is 1. The number of fused-ring (bicyclic) bond motifs is 1. The highest BCUT2D eigenvalue weighted by atomic mass is 35.5. The summed E-state index contributed by atoms with van der Waals surface area (Å²) in [6.07, 6.45) is 0. The number of aromatic nitrogens is 2. The van der Waals surface area contributed by atoms with Crippen LogP contribution in [0.15, 0.2) is 69.6 Å². The molecular weight excluding hydrogens is 466 g/mol. The SMILES string of the molecule is COC(=O)c1ccccc1NC(=O)Cn1c(=O)n(Cc2ccccc2Cl)c(=O)c2sccc21. The molecule has 0 radical (unpaired) electrons. The predicted molar refractivity (Wildman–Crippen MR) is 127 cm³/mol. The van der Waals surface area contributed by atoms with Gasteiger partial charge in [-0.25, -0.2) is 9.59 Å². The number of thiophene rings is 1. The van der Waals surface area contributed by atoms with Gasteiger partial charge in [0.2, 0.25) is 5.91 Å². The molecule has 0 unspecified atom stereocenters. The molecule has 0 atom stereocenters. The van der Waals surface area contributed by atoms with Crippen LogP contribution in [0.2, 0.25) is 5.02 Å². The molecule has 10 heteroatoms. The van der Waals surface area contributed by atoms with Crippen molar-refractivity contribution in [3.63, 3.8) is 0 Å². The molecule has 0 aliphatic heterocycles. The lowest BCUT2D eigenvalue weighted by Crippen LogP contribution is -2.41. The number of amides is 1. The molecule has 2 heterocycles. The van der Waals surface area contributed by atoms with Crippen molar-refractivity contribution in [2.45, 2.75) is 13.1 Å². The van der Waals surface area contributed by atoms with Crippen LogP contribution in [0.5, 0.6) is 0 Å². The molecule has 8 nitrogen and oxygen atoms in total. The molecule has 4 rings (SSSR count). The summed E-state index contributed by atoms with van der Waals surface area (Å²) in [4.78, 5) is 51.1. The Morgan fingerprint density at radius 3 is 2.52 bits per heavy atom. The zero-order chi connectivity index (χ0) is 23.5. The van der Waals surface area contributed by atoms with Crippen LogP contribution in [0, 0.1) is 0 Å². The second-order valence-electron chi connectivity index (χ2n) is 7.07. The van der Waals surface area contributed by atoms with E-state index in [1.54, 1.807) is 53.9 Å². The third-order valence-corrected chi connectivity index (χ3v) is 6.29. The minimum Gasteiger partial charge on any atom is -0.465 e. The van der Waals surface area contributed by atoms with Gasteiger partial charge in [0, 0.05) is 5.02 Å². The molecule has 1 amide bonds. The predicted octanol–water partition coefficient (Wildman–Crippen LogP) is 3.35. The number of carbonyl (C=O) groups is 2. The molecule has 0 aliphatic rings. The first-order valence-corrected chi connectivity index (χ1v) is 11.1. The van der Waals surface area contributed by atoms with E-state index >= 15 is 0 Å². The quantitative estimate of drug-likeness (QED) is 0.424. The summed E-state index contributed by atoms with van der Waals surface area (Å²) < 4.78 is 7.40. The first-order valence-electron chi connectivity index (χ1n) is 9.82. The van der Waals surface area contributed by atoms with Gasteiger partial charge >= 0.3 is 11.7 Å². The molecule has 168 valence electrons. The Balaban J connectivity index is 1.72. The number of nitrogens with zero attached hydrogens (tertiary/aromatic N) is 2. The van der Waals surface area contributed by atoms with E-state index in [2.05, 4.69) is 5.32 Å². The van der Waals surface area contributed by atoms with Crippen LogP contribution in [-0.2, 0) is 22.6 Å². The van der Waals surface area contributed by atoms with Gasteiger partial charge in [0.25, 0.3) is 5.56 Å². The van der Waals surface area contributed by atoms with E-state index in [9.17, 15) is 19.2 Å². The lowest BCUT2D eigenvalue weighted by molar-refractivity contribution is -0.116. The molecule has 2 aromatic heterocycles. The van der Waals surface area contributed by atoms with Crippen molar-refractivity contribution in [3.05, 3.63) is 97.0 Å². The highest BCUT2D eigenvalue weighted by Gasteiger charge is 2.19. The Morgan fingerprint density at radius 2 is 1.76 bits per heavy atom. The van der Waals surface area contributed by atoms with Gasteiger partial charge in [-0.1, -0.05) is 41.9 Å². The number of nitrogens with one attached hydrogen (secondary N) is 1. The van der Waals surface area contributed by atoms with Crippen molar-refractivity contribution < 1.29 is 14.3 Å². The molecule has 0 saturated carbocycles. The number of anilines is 1. The summed E-state index contributed by atoms with van der Waals surface area (Å²) in [6, 6.07) is 14.9. The average molecular weight is 484 g/mol. The Bertz CT molecular complexity index is 1490. The summed E-state index contributed by atoms with van der Waals surface area (Å²) in [6.45, 7) is -0.387. The van der Waals surface area contributed by atoms with Crippen LogP contribution in [-0.4, -0.2) is 28.1 Å². The topological polar surface area (TPSA) is 99.4 Å². The average Bonchev–Trinajstić information content (AvgIpc) is 3.30. The largest absolute Gasteiger partial charge is 0.465 e. The first kappa shape index (κ1) is 22.5. The second kappa shape index (κ2) is 9.43. The molecule has 2 aromatic carbocycles. The van der Waals surface area contributed by atoms with E-state index in [1.807, 2.05) is 0 Å². The molecule has 33 heavy (non-hydrogen) atoms. The zero-order valence-electron chi connectivity index (χ0n) is 17.4. The fourth-order valence-corrected chi connectivity index (χ4v) is 4.47. The van der Waals surface area contributed by atoms with Crippen LogP contribution in [0.1, 0.15) is 15.9 Å². The van der Waals surface area contributed by atoms with E-state index in [0.717, 1.165) is 4.57 Å². The Morgan fingerprint density at radius 1 is 1.03 bits per heavy atom. The van der Waals surface area contributed by atoms with Crippen LogP contribution in [0.3, 0.4) is 0 Å². The number of rotatable bonds is 6. The number of benzene rings is 2. The highest BCUT2D eigenvalue weighted by molar-refractivity contribution is 7.17. The molecule has 0 bridgehead atoms. The van der Waals surface area contributed by atoms with Gasteiger partial charge in [-0.3, -0.25) is 18.7 Å². The summed E-state index contributed by atoms with van der Waals surface area (Å²) in [7, 11) is 1.25. The van der Waals surface area contributed by atoms with Crippen molar-refractivity contribution in [2.75, 3.05) is 12.4 Å². The van der Waals surface area contributed by atoms with Crippen molar-refractivity contribution in [3.8, 4) is 0 Å². The van der Waals surface area contributed by atoms with Gasteiger partial charge in [-0.2, -0.15) is 0 Å². The van der Waals surface area contributed by atoms with E-state index in [-0.39, 0.29) is 24.3 Å². The molecule has 0 saturated heterocycles. The summed E-state index contributed by atoms with van der Waals surface area (Å²) in [5, 5.41) is 4.76. The molecule has 0 spiro atoms. The maximum absolute atomic E-state index is 13.3. The third-order valence-electron chi connectivity index (χ3n) is 5.03. The molecule has 1 N–H and O–H groups in total. The lowest BCUT2D eigenvalue weighted by atomic mass is 10.2. The van der Waals surface area contributed by atoms with Gasteiger partial charge in [0.15, 0.2) is 0 Å². The summed E-state index contributed by atoms with van der Waals surface area (Å²) in [5.74, 6) is -1.14. The van der Waals surface area contributed by atoms with Gasteiger partial charge in [-0.15, -0.1) is 11.3 Å². The number of para-hydroxylation sites is 1. The Kier molecular flexibility index (Phi) is 6.43. The second-order valence-corrected chi connectivity index (χ2v) is 8.40. The number of halogens is 1. The van der Waals surface area contributed by atoms with Crippen LogP contribution in [0.25, 0.3) is 10.2 Å². The number of methoxy groups -OCH3 is 1. The first-order chi connectivity index (χ1) is 15.9. The van der Waals surface area contributed by atoms with Crippen LogP contribution in [0.4, 0.5) is 5.69 Å². The van der Waals surface area contributed by atoms with Crippen molar-refractivity contribution in [1.82, 2.24) is 9.13 Å². The smallest absolute Gasteiger partial charge is 0.339 e. The van der Waals surface area contributed by atoms with E-state index in [1.165, 1.54) is 29.1 Å². The maximum atomic E-state index is 13.3. The zero-order valence-corrected chi connectivity index (χ0v) is 19.0. The van der Waals surface area contributed by atoms with E-state index in [4.69, 9.17) is 16.3 Å². The standard InChI is InChI=1S/C23H18ClN3O5S/c1-32-22(30)15-7-3-5-9-17(15)25-19(28)13-26-18-10-11-33-20(18)21(29)27(23(26)31)12-14-6-2-4-8-16(14)24/h2-11H,12-13H2,1H3,(H,25,28). The molecule has 0 aliphatic carbocycles. The third kappa shape index (κ3) is 4.46. The molecule has 0 fully saturated rings. The monoisotopic (exact) mass is 483 g/mol. The number of ether oxygens (including phenoxy) is 1. The number of carbonyl (C=O) groups excluding carboxylic acids is 2. The van der Waals surface area contributed by atoms with Gasteiger partial charge in [-0.05, 0) is 35.2 Å². The maximum Gasteiger partial charge on any atom is 0.339 e. The fraction of sp³-hybridized carbons (Fsp3) is 0.130. The Labute approximate surface area is 196 Å². The minimum absolute atomic E-state index is 0.0298. The van der Waals surface area contributed by atoms with Crippen molar-refractivity contribution in [2.24, 2.45) is 0 Å². The summed E-state index contributed by atoms with van der Waals surface area (Å²) in [5.41, 5.74) is 0.331. The van der Waals surface area contributed by atoms with Gasteiger partial charge in [0.1, 0.15) is 11.2 Å². The fourth-order valence-electron chi connectivity index (χ4n) is 3.44.